The zero-order valence-corrected chi connectivity index (χ0v) is 11.0. The Hall–Kier alpha value is -1.58. The summed E-state index contributed by atoms with van der Waals surface area (Å²) >= 11 is 6.09. The molecule has 1 aromatic carbocycles. The highest BCUT2D eigenvalue weighted by Gasteiger charge is 2.36. The standard InChI is InChI=1S/C15H13ClN2O/c16-9-3-4-10-11-7-17-8-12(11)15-13(2-1-5-18-15)19-14(10)6-9/h1-6,11-12,17H,7-8H2/t11?,12-/m0/s1. The Kier molecular flexibility index (Phi) is 2.50. The quantitative estimate of drug-likeness (QED) is 0.799. The monoisotopic (exact) mass is 272 g/mol. The van der Waals surface area contributed by atoms with Gasteiger partial charge in [-0.05, 0) is 29.8 Å². The molecule has 1 aromatic heterocycles. The second kappa shape index (κ2) is 4.22. The van der Waals surface area contributed by atoms with E-state index in [1.807, 2.05) is 30.5 Å². The fourth-order valence-electron chi connectivity index (χ4n) is 3.08. The first kappa shape index (κ1) is 11.3. The molecule has 4 heteroatoms. The van der Waals surface area contributed by atoms with Crippen LogP contribution in [0.2, 0.25) is 5.02 Å². The molecule has 2 atom stereocenters. The Morgan fingerprint density at radius 1 is 1.16 bits per heavy atom. The molecule has 0 saturated carbocycles. The van der Waals surface area contributed by atoms with E-state index in [1.54, 1.807) is 0 Å². The van der Waals surface area contributed by atoms with Gasteiger partial charge in [0.1, 0.15) is 11.5 Å². The predicted octanol–water partition coefficient (Wildman–Crippen LogP) is 3.31. The average Bonchev–Trinajstić information content (AvgIpc) is 2.84. The van der Waals surface area contributed by atoms with Crippen molar-refractivity contribution in [2.45, 2.75) is 11.8 Å². The number of halogens is 1. The van der Waals surface area contributed by atoms with Crippen molar-refractivity contribution in [3.63, 3.8) is 0 Å². The molecule has 0 spiro atoms. The fourth-order valence-corrected chi connectivity index (χ4v) is 3.24. The third kappa shape index (κ3) is 1.73. The Balaban J connectivity index is 1.94. The molecule has 0 amide bonds. The maximum absolute atomic E-state index is 6.09. The second-order valence-electron chi connectivity index (χ2n) is 5.04. The minimum Gasteiger partial charge on any atom is -0.455 e. The molecule has 3 nitrogen and oxygen atoms in total. The maximum Gasteiger partial charge on any atom is 0.149 e. The molecule has 0 aliphatic carbocycles. The predicted molar refractivity (Wildman–Crippen MR) is 74.1 cm³/mol. The van der Waals surface area contributed by atoms with Crippen LogP contribution in [0.3, 0.4) is 0 Å². The molecule has 4 rings (SSSR count). The van der Waals surface area contributed by atoms with Crippen molar-refractivity contribution >= 4 is 11.6 Å². The van der Waals surface area contributed by atoms with Gasteiger partial charge in [0.15, 0.2) is 0 Å². The van der Waals surface area contributed by atoms with Gasteiger partial charge in [-0.3, -0.25) is 4.98 Å². The molecule has 2 aliphatic rings. The van der Waals surface area contributed by atoms with Crippen molar-refractivity contribution in [1.29, 1.82) is 0 Å². The van der Waals surface area contributed by atoms with E-state index in [-0.39, 0.29) is 0 Å². The van der Waals surface area contributed by atoms with Crippen LogP contribution in [0.4, 0.5) is 0 Å². The van der Waals surface area contributed by atoms with Gasteiger partial charge < -0.3 is 10.1 Å². The Labute approximate surface area is 116 Å². The van der Waals surface area contributed by atoms with Crippen molar-refractivity contribution in [2.24, 2.45) is 0 Å². The van der Waals surface area contributed by atoms with Crippen molar-refractivity contribution in [3.05, 3.63) is 52.8 Å². The zero-order chi connectivity index (χ0) is 12.8. The van der Waals surface area contributed by atoms with E-state index in [0.717, 1.165) is 30.3 Å². The highest BCUT2D eigenvalue weighted by atomic mass is 35.5. The summed E-state index contributed by atoms with van der Waals surface area (Å²) in [6.07, 6.45) is 1.83. The number of ether oxygens (including phenoxy) is 1. The lowest BCUT2D eigenvalue weighted by molar-refractivity contribution is 0.473. The van der Waals surface area contributed by atoms with Crippen LogP contribution in [-0.2, 0) is 0 Å². The Morgan fingerprint density at radius 3 is 3.00 bits per heavy atom. The van der Waals surface area contributed by atoms with Crippen LogP contribution in [0.25, 0.3) is 0 Å². The topological polar surface area (TPSA) is 34.1 Å². The molecule has 1 fully saturated rings. The molecular weight excluding hydrogens is 260 g/mol. The number of nitrogens with zero attached hydrogens (tertiary/aromatic N) is 1. The lowest BCUT2D eigenvalue weighted by Crippen LogP contribution is -2.09. The van der Waals surface area contributed by atoms with Crippen LogP contribution in [0.15, 0.2) is 36.5 Å². The van der Waals surface area contributed by atoms with Gasteiger partial charge in [0.25, 0.3) is 0 Å². The first-order valence-corrected chi connectivity index (χ1v) is 6.83. The molecule has 19 heavy (non-hydrogen) atoms. The summed E-state index contributed by atoms with van der Waals surface area (Å²) in [5.41, 5.74) is 2.27. The summed E-state index contributed by atoms with van der Waals surface area (Å²) in [4.78, 5) is 4.53. The van der Waals surface area contributed by atoms with Crippen LogP contribution in [-0.4, -0.2) is 18.1 Å². The number of fused-ring (bicyclic) bond motifs is 5. The number of hydrogen-bond acceptors (Lipinski definition) is 3. The van der Waals surface area contributed by atoms with Gasteiger partial charge in [-0.1, -0.05) is 17.7 Å². The largest absolute Gasteiger partial charge is 0.455 e. The molecule has 0 radical (unpaired) electrons. The third-order valence-corrected chi connectivity index (χ3v) is 4.20. The van der Waals surface area contributed by atoms with Crippen LogP contribution < -0.4 is 10.1 Å². The normalized spacial score (nSPS) is 23.8. The summed E-state index contributed by atoms with van der Waals surface area (Å²) < 4.78 is 6.04. The van der Waals surface area contributed by atoms with Crippen LogP contribution in [0.1, 0.15) is 23.1 Å². The minimum absolute atomic E-state index is 0.374. The van der Waals surface area contributed by atoms with Crippen LogP contribution in [0, 0.1) is 0 Å². The molecular formula is C15H13ClN2O. The van der Waals surface area contributed by atoms with E-state index in [4.69, 9.17) is 16.3 Å². The van der Waals surface area contributed by atoms with Gasteiger partial charge in [-0.15, -0.1) is 0 Å². The molecule has 0 bridgehead atoms. The molecule has 2 aliphatic heterocycles. The van der Waals surface area contributed by atoms with Gasteiger partial charge >= 0.3 is 0 Å². The van der Waals surface area contributed by atoms with Crippen molar-refractivity contribution < 1.29 is 4.74 Å². The minimum atomic E-state index is 0.374. The Bertz CT molecular complexity index is 644. The van der Waals surface area contributed by atoms with E-state index >= 15 is 0 Å². The second-order valence-corrected chi connectivity index (χ2v) is 5.48. The number of aromatic nitrogens is 1. The highest BCUT2D eigenvalue weighted by Crippen LogP contribution is 2.47. The van der Waals surface area contributed by atoms with Gasteiger partial charge in [-0.2, -0.15) is 0 Å². The van der Waals surface area contributed by atoms with Crippen molar-refractivity contribution in [2.75, 3.05) is 13.1 Å². The number of rotatable bonds is 0. The number of pyridine rings is 1. The lowest BCUT2D eigenvalue weighted by Gasteiger charge is -2.16. The molecule has 2 aromatic rings. The van der Waals surface area contributed by atoms with E-state index < -0.39 is 0 Å². The van der Waals surface area contributed by atoms with E-state index in [9.17, 15) is 0 Å². The SMILES string of the molecule is Clc1ccc2c(c1)Oc1cccnc1[C@H]1CNCC21. The smallest absolute Gasteiger partial charge is 0.149 e. The maximum atomic E-state index is 6.09. The van der Waals surface area contributed by atoms with E-state index in [0.29, 0.717) is 16.9 Å². The van der Waals surface area contributed by atoms with E-state index in [2.05, 4.69) is 16.4 Å². The van der Waals surface area contributed by atoms with Crippen LogP contribution in [0.5, 0.6) is 11.5 Å². The first-order chi connectivity index (χ1) is 9.33. The molecule has 1 saturated heterocycles. The molecule has 1 N–H and O–H groups in total. The summed E-state index contributed by atoms with van der Waals surface area (Å²) in [5.74, 6) is 2.49. The summed E-state index contributed by atoms with van der Waals surface area (Å²) in [7, 11) is 0. The summed E-state index contributed by atoms with van der Waals surface area (Å²) in [6, 6.07) is 9.80. The molecule has 3 heterocycles. The molecule has 96 valence electrons. The zero-order valence-electron chi connectivity index (χ0n) is 10.3. The fraction of sp³-hybridized carbons (Fsp3) is 0.267. The van der Waals surface area contributed by atoms with E-state index in [1.165, 1.54) is 5.56 Å². The van der Waals surface area contributed by atoms with Crippen molar-refractivity contribution in [1.82, 2.24) is 10.3 Å². The summed E-state index contributed by atoms with van der Waals surface area (Å²) in [5, 5.41) is 4.16. The molecule has 1 unspecified atom stereocenters. The highest BCUT2D eigenvalue weighted by molar-refractivity contribution is 6.30. The average molecular weight is 273 g/mol. The summed E-state index contributed by atoms with van der Waals surface area (Å²) in [6.45, 7) is 1.90. The lowest BCUT2D eigenvalue weighted by atomic mass is 9.86. The third-order valence-electron chi connectivity index (χ3n) is 3.96. The Morgan fingerprint density at radius 2 is 2.05 bits per heavy atom. The number of benzene rings is 1. The van der Waals surface area contributed by atoms with Crippen molar-refractivity contribution in [3.8, 4) is 11.5 Å². The number of nitrogens with one attached hydrogen (secondary N) is 1. The van der Waals surface area contributed by atoms with Gasteiger partial charge in [-0.25, -0.2) is 0 Å². The first-order valence-electron chi connectivity index (χ1n) is 6.46. The van der Waals surface area contributed by atoms with Gasteiger partial charge in [0.05, 0.1) is 5.69 Å². The number of hydrogen-bond donors (Lipinski definition) is 1. The van der Waals surface area contributed by atoms with Gasteiger partial charge in [0, 0.05) is 36.1 Å². The van der Waals surface area contributed by atoms with Crippen LogP contribution >= 0.6 is 11.6 Å². The van der Waals surface area contributed by atoms with Gasteiger partial charge in [0.2, 0.25) is 0 Å².